The number of carboxylic acids is 1. The van der Waals surface area contributed by atoms with Crippen molar-refractivity contribution in [3.8, 4) is 22.3 Å². The van der Waals surface area contributed by atoms with Crippen LogP contribution in [0.15, 0.2) is 170 Å². The second-order valence-corrected chi connectivity index (χ2v) is 13.5. The molecule has 3 atom stereocenters. The third-order valence-corrected chi connectivity index (χ3v) is 10.1. The molecule has 6 aromatic carbocycles. The Kier molecular flexibility index (Phi) is 10.4. The number of carboxylic acid groups (broad SMARTS) is 1. The van der Waals surface area contributed by atoms with Gasteiger partial charge in [0.15, 0.2) is 17.7 Å². The highest BCUT2D eigenvalue weighted by Crippen LogP contribution is 2.38. The van der Waals surface area contributed by atoms with Gasteiger partial charge in [-0.1, -0.05) is 170 Å². The summed E-state index contributed by atoms with van der Waals surface area (Å²) in [4.78, 5) is 44.1. The molecule has 0 saturated carbocycles. The van der Waals surface area contributed by atoms with E-state index in [1.807, 2.05) is 121 Å². The molecule has 0 bridgehead atoms. The van der Waals surface area contributed by atoms with Crippen LogP contribution in [0.3, 0.4) is 0 Å². The summed E-state index contributed by atoms with van der Waals surface area (Å²) in [5, 5.41) is 23.4. The van der Waals surface area contributed by atoms with Crippen LogP contribution in [0.2, 0.25) is 0 Å². The van der Waals surface area contributed by atoms with Gasteiger partial charge in [0, 0.05) is 13.1 Å². The molecule has 6 aromatic rings. The molecule has 1 heterocycles. The van der Waals surface area contributed by atoms with Crippen molar-refractivity contribution in [2.45, 2.75) is 43.8 Å². The Morgan fingerprint density at radius 1 is 0.574 bits per heavy atom. The summed E-state index contributed by atoms with van der Waals surface area (Å²) in [5.74, 6) is -2.28. The molecule has 2 N–H and O–H groups in total. The fourth-order valence-electron chi connectivity index (χ4n) is 7.22. The molecule has 1 aliphatic rings. The Balaban J connectivity index is 1.25. The number of carbonyl (C=O) groups is 3. The highest BCUT2D eigenvalue weighted by Gasteiger charge is 2.55. The van der Waals surface area contributed by atoms with Gasteiger partial charge in [-0.25, -0.2) is 14.4 Å². The zero-order valence-electron chi connectivity index (χ0n) is 29.7. The number of nitrogens with zero attached hydrogens (tertiary/aromatic N) is 2. The lowest BCUT2D eigenvalue weighted by Gasteiger charge is -2.36. The molecule has 8 nitrogen and oxygen atoms in total. The number of aliphatic hydroxyl groups is 1. The molecule has 0 aliphatic carbocycles. The fraction of sp³-hybridized carbons (Fsp3) is 0.152. The molecule has 1 aliphatic heterocycles. The molecule has 0 radical (unpaired) electrons. The van der Waals surface area contributed by atoms with Crippen molar-refractivity contribution in [2.24, 2.45) is 0 Å². The van der Waals surface area contributed by atoms with E-state index in [-0.39, 0.29) is 13.1 Å². The van der Waals surface area contributed by atoms with Crippen molar-refractivity contribution in [1.82, 2.24) is 9.80 Å². The maximum absolute atomic E-state index is 14.5. The number of aliphatic carboxylic acids is 1. The SMILES string of the molecule is C[C@H](OC(=O)[C@H]1[C@@H](C(=O)O)N(Cc2ccccc2)C(=O)N1Cc1ccccc1)C(O)(c1ccc(-c2ccccc2)cc1)c1ccc(-c2ccccc2)cc1. The first-order valence-electron chi connectivity index (χ1n) is 17.9. The van der Waals surface area contributed by atoms with Crippen LogP contribution >= 0.6 is 0 Å². The van der Waals surface area contributed by atoms with Crippen LogP contribution < -0.4 is 0 Å². The van der Waals surface area contributed by atoms with Gasteiger partial charge in [-0.05, 0) is 51.4 Å². The highest BCUT2D eigenvalue weighted by atomic mass is 16.6. The third kappa shape index (κ3) is 7.24. The lowest BCUT2D eigenvalue weighted by atomic mass is 9.81. The van der Waals surface area contributed by atoms with Crippen LogP contribution in [0.1, 0.15) is 29.2 Å². The molecule has 270 valence electrons. The van der Waals surface area contributed by atoms with Crippen LogP contribution in [0.4, 0.5) is 4.79 Å². The van der Waals surface area contributed by atoms with E-state index in [2.05, 4.69) is 0 Å². The van der Waals surface area contributed by atoms with Gasteiger partial charge in [0.05, 0.1) is 0 Å². The number of amides is 2. The number of hydrogen-bond donors (Lipinski definition) is 2. The predicted molar refractivity (Wildman–Crippen MR) is 207 cm³/mol. The first-order chi connectivity index (χ1) is 26.2. The summed E-state index contributed by atoms with van der Waals surface area (Å²) in [6.45, 7) is 1.55. The molecular formula is C46H40N2O6. The first-order valence-corrected chi connectivity index (χ1v) is 17.9. The number of benzene rings is 6. The van der Waals surface area contributed by atoms with Crippen LogP contribution in [-0.4, -0.2) is 56.2 Å². The van der Waals surface area contributed by atoms with Gasteiger partial charge >= 0.3 is 18.0 Å². The topological polar surface area (TPSA) is 107 Å². The monoisotopic (exact) mass is 716 g/mol. The quantitative estimate of drug-likeness (QED) is 0.124. The normalized spacial score (nSPS) is 16.2. The minimum absolute atomic E-state index is 0.0188. The Morgan fingerprint density at radius 2 is 0.926 bits per heavy atom. The van der Waals surface area contributed by atoms with Crippen LogP contribution in [-0.2, 0) is 33.0 Å². The van der Waals surface area contributed by atoms with E-state index < -0.39 is 41.8 Å². The number of hydrogen-bond acceptors (Lipinski definition) is 5. The van der Waals surface area contributed by atoms with Crippen molar-refractivity contribution in [1.29, 1.82) is 0 Å². The number of esters is 1. The first kappa shape index (κ1) is 35.9. The Labute approximate surface area is 314 Å². The average molecular weight is 717 g/mol. The number of carbonyl (C=O) groups excluding carboxylic acids is 2. The summed E-state index contributed by atoms with van der Waals surface area (Å²) in [7, 11) is 0. The van der Waals surface area contributed by atoms with Gasteiger partial charge in [0.2, 0.25) is 0 Å². The molecule has 1 fully saturated rings. The number of rotatable bonds is 12. The molecule has 1 saturated heterocycles. The van der Waals surface area contributed by atoms with Crippen molar-refractivity contribution in [2.75, 3.05) is 0 Å². The van der Waals surface area contributed by atoms with Gasteiger partial charge in [-0.2, -0.15) is 0 Å². The summed E-state index contributed by atoms with van der Waals surface area (Å²) < 4.78 is 6.16. The molecule has 2 amide bonds. The van der Waals surface area contributed by atoms with Crippen molar-refractivity contribution >= 4 is 18.0 Å². The Bertz CT molecular complexity index is 2110. The van der Waals surface area contributed by atoms with E-state index in [0.29, 0.717) is 16.7 Å². The lowest BCUT2D eigenvalue weighted by Crippen LogP contribution is -2.51. The highest BCUT2D eigenvalue weighted by molar-refractivity contribution is 5.96. The molecular weight excluding hydrogens is 677 g/mol. The van der Waals surface area contributed by atoms with Gasteiger partial charge in [0.25, 0.3) is 0 Å². The zero-order valence-corrected chi connectivity index (χ0v) is 29.7. The van der Waals surface area contributed by atoms with Crippen LogP contribution in [0.5, 0.6) is 0 Å². The van der Waals surface area contributed by atoms with E-state index >= 15 is 0 Å². The summed E-state index contributed by atoms with van der Waals surface area (Å²) >= 11 is 0. The molecule has 8 heteroatoms. The standard InChI is InChI=1S/C46H40N2O6/c1-32(54-44(51)42-41(43(49)50)47(30-33-14-6-2-7-15-33)45(52)48(42)31-34-16-8-3-9-17-34)46(53,39-26-22-37(23-27-39)35-18-10-4-11-19-35)40-28-24-38(25-29-40)36-20-12-5-13-21-36/h2-29,32,41-42,53H,30-31H2,1H3,(H,49,50)/t32-,41-,42+/m0/s1. The molecule has 0 aromatic heterocycles. The van der Waals surface area contributed by atoms with Gasteiger partial charge in [-0.15, -0.1) is 0 Å². The number of urea groups is 1. The van der Waals surface area contributed by atoms with E-state index in [9.17, 15) is 24.6 Å². The van der Waals surface area contributed by atoms with E-state index in [4.69, 9.17) is 4.74 Å². The average Bonchev–Trinajstić information content (AvgIpc) is 3.49. The van der Waals surface area contributed by atoms with E-state index in [0.717, 1.165) is 27.8 Å². The smallest absolute Gasteiger partial charge is 0.332 e. The minimum atomic E-state index is -1.87. The van der Waals surface area contributed by atoms with Crippen molar-refractivity contribution in [3.05, 3.63) is 192 Å². The lowest BCUT2D eigenvalue weighted by molar-refractivity contribution is -0.168. The maximum atomic E-state index is 14.5. The van der Waals surface area contributed by atoms with Crippen LogP contribution in [0, 0.1) is 0 Å². The Hall–Kier alpha value is -6.51. The molecule has 54 heavy (non-hydrogen) atoms. The maximum Gasteiger partial charge on any atom is 0.332 e. The second kappa shape index (κ2) is 15.6. The predicted octanol–water partition coefficient (Wildman–Crippen LogP) is 8.15. The Morgan fingerprint density at radius 3 is 1.31 bits per heavy atom. The zero-order chi connectivity index (χ0) is 37.7. The minimum Gasteiger partial charge on any atom is -0.480 e. The van der Waals surface area contributed by atoms with E-state index in [1.54, 1.807) is 55.5 Å². The molecule has 0 unspecified atom stereocenters. The largest absolute Gasteiger partial charge is 0.480 e. The molecule has 7 rings (SSSR count). The van der Waals surface area contributed by atoms with Gasteiger partial charge in [-0.3, -0.25) is 0 Å². The van der Waals surface area contributed by atoms with Gasteiger partial charge < -0.3 is 24.7 Å². The second-order valence-electron chi connectivity index (χ2n) is 13.5. The summed E-state index contributed by atoms with van der Waals surface area (Å²) in [6.07, 6.45) is -1.22. The van der Waals surface area contributed by atoms with Crippen LogP contribution in [0.25, 0.3) is 22.3 Å². The number of ether oxygens (including phenoxy) is 1. The summed E-state index contributed by atoms with van der Waals surface area (Å²) in [6, 6.07) is 49.0. The van der Waals surface area contributed by atoms with Gasteiger partial charge in [0.1, 0.15) is 6.10 Å². The van der Waals surface area contributed by atoms with Crippen molar-refractivity contribution in [3.63, 3.8) is 0 Å². The summed E-state index contributed by atoms with van der Waals surface area (Å²) in [5.41, 5.74) is 4.40. The third-order valence-electron chi connectivity index (χ3n) is 10.1. The molecule has 0 spiro atoms. The fourth-order valence-corrected chi connectivity index (χ4v) is 7.22. The van der Waals surface area contributed by atoms with E-state index in [1.165, 1.54) is 9.80 Å². The van der Waals surface area contributed by atoms with Crippen molar-refractivity contribution < 1.29 is 29.3 Å².